The quantitative estimate of drug-likeness (QED) is 0.0195. The van der Waals surface area contributed by atoms with Crippen molar-refractivity contribution >= 4 is 11.9 Å². The highest BCUT2D eigenvalue weighted by Gasteiger charge is 2.47. The van der Waals surface area contributed by atoms with E-state index in [0.717, 1.165) is 70.6 Å². The minimum absolute atomic E-state index is 0.128. The molecule has 6 N–H and O–H groups in total. The minimum Gasteiger partial charge on any atom is -0.454 e. The molecule has 0 saturated carbocycles. The summed E-state index contributed by atoms with van der Waals surface area (Å²) >= 11 is 0. The van der Waals surface area contributed by atoms with E-state index in [1.54, 1.807) is 6.08 Å². The number of aliphatic hydroxyl groups excluding tert-OH is 5. The number of aliphatic hydroxyl groups is 5. The van der Waals surface area contributed by atoms with Crippen molar-refractivity contribution in [1.29, 1.82) is 0 Å². The first-order valence-electron chi connectivity index (χ1n) is 34.4. The standard InChI is InChI=1S/C70H129NO10/c1-4-7-10-13-16-19-22-24-26-27-28-29-30-31-32-33-34-35-36-38-39-42-45-48-51-54-57-63(74)69(78)71-61(62(73)56-53-50-47-44-41-21-18-15-12-9-6-3)60-79-70-68(67(77)66(76)64(59-72)80-70)81-65(75)58-55-52-49-46-43-40-37-25-23-20-17-14-11-8-5-2/h16,19,24,26,28-29,53,56,61-64,66-68,70,72-74,76-77H,4-15,17-18,20-23,25,27,30-52,54-55,57-60H2,1-3H3,(H,71,78)/b19-16-,26-24-,29-28-,56-53+. The molecule has 11 nitrogen and oxygen atoms in total. The Bertz CT molecular complexity index is 1500. The fourth-order valence-corrected chi connectivity index (χ4v) is 10.8. The smallest absolute Gasteiger partial charge is 0.306 e. The van der Waals surface area contributed by atoms with E-state index in [2.05, 4.69) is 62.5 Å². The lowest BCUT2D eigenvalue weighted by Gasteiger charge is -2.41. The van der Waals surface area contributed by atoms with Crippen LogP contribution in [0.5, 0.6) is 0 Å². The number of rotatable bonds is 59. The Morgan fingerprint density at radius 3 is 1.30 bits per heavy atom. The van der Waals surface area contributed by atoms with Crippen molar-refractivity contribution in [2.24, 2.45) is 0 Å². The highest BCUT2D eigenvalue weighted by molar-refractivity contribution is 5.80. The molecular weight excluding hydrogens is 1010 g/mol. The van der Waals surface area contributed by atoms with E-state index < -0.39 is 67.4 Å². The molecule has 1 rings (SSSR count). The molecule has 1 aliphatic rings. The van der Waals surface area contributed by atoms with E-state index in [1.807, 2.05) is 6.08 Å². The molecule has 0 aromatic heterocycles. The third-order valence-electron chi connectivity index (χ3n) is 16.2. The van der Waals surface area contributed by atoms with Crippen LogP contribution >= 0.6 is 0 Å². The van der Waals surface area contributed by atoms with Crippen LogP contribution in [0.4, 0.5) is 0 Å². The molecule has 0 aromatic rings. The maximum Gasteiger partial charge on any atom is 0.306 e. The number of esters is 1. The first-order valence-corrected chi connectivity index (χ1v) is 34.4. The molecule has 1 heterocycles. The summed E-state index contributed by atoms with van der Waals surface area (Å²) in [6, 6.07) is -1.02. The van der Waals surface area contributed by atoms with E-state index in [9.17, 15) is 35.1 Å². The van der Waals surface area contributed by atoms with Gasteiger partial charge in [0.2, 0.25) is 5.91 Å². The Balaban J connectivity index is 2.55. The number of unbranched alkanes of at least 4 members (excludes halogenated alkanes) is 39. The average molecular weight is 1140 g/mol. The van der Waals surface area contributed by atoms with Gasteiger partial charge in [-0.3, -0.25) is 9.59 Å². The number of allylic oxidation sites excluding steroid dienone is 7. The second kappa shape index (κ2) is 58.0. The summed E-state index contributed by atoms with van der Waals surface area (Å²) in [5, 5.41) is 57.1. The molecule has 0 spiro atoms. The first kappa shape index (κ1) is 76.6. The van der Waals surface area contributed by atoms with Crippen molar-refractivity contribution in [1.82, 2.24) is 5.32 Å². The summed E-state index contributed by atoms with van der Waals surface area (Å²) in [6.07, 6.45) is 61.6. The summed E-state index contributed by atoms with van der Waals surface area (Å²) in [6.45, 7) is 5.79. The van der Waals surface area contributed by atoms with Gasteiger partial charge in [-0.05, 0) is 64.2 Å². The van der Waals surface area contributed by atoms with Gasteiger partial charge in [-0.15, -0.1) is 0 Å². The zero-order valence-corrected chi connectivity index (χ0v) is 52.7. The Hall–Kier alpha value is -2.38. The van der Waals surface area contributed by atoms with Crippen LogP contribution < -0.4 is 5.32 Å². The molecule has 1 aliphatic heterocycles. The summed E-state index contributed by atoms with van der Waals surface area (Å²) in [4.78, 5) is 26.6. The van der Waals surface area contributed by atoms with Crippen molar-refractivity contribution in [2.75, 3.05) is 13.2 Å². The van der Waals surface area contributed by atoms with Gasteiger partial charge >= 0.3 is 5.97 Å². The molecule has 81 heavy (non-hydrogen) atoms. The third kappa shape index (κ3) is 45.6. The zero-order chi connectivity index (χ0) is 58.9. The third-order valence-corrected chi connectivity index (χ3v) is 16.2. The van der Waals surface area contributed by atoms with Crippen molar-refractivity contribution in [3.05, 3.63) is 48.6 Å². The van der Waals surface area contributed by atoms with Crippen LogP contribution in [0.25, 0.3) is 0 Å². The molecule has 8 unspecified atom stereocenters. The second-order valence-corrected chi connectivity index (χ2v) is 23.9. The molecule has 1 fully saturated rings. The van der Waals surface area contributed by atoms with Crippen molar-refractivity contribution in [2.45, 2.75) is 372 Å². The summed E-state index contributed by atoms with van der Waals surface area (Å²) < 4.78 is 17.7. The van der Waals surface area contributed by atoms with Crippen LogP contribution in [-0.4, -0.2) is 99.6 Å². The van der Waals surface area contributed by atoms with Crippen LogP contribution in [0.2, 0.25) is 0 Å². The van der Waals surface area contributed by atoms with Gasteiger partial charge in [-0.25, -0.2) is 0 Å². The maximum atomic E-state index is 13.5. The fourth-order valence-electron chi connectivity index (χ4n) is 10.8. The molecule has 474 valence electrons. The number of hydrogen-bond acceptors (Lipinski definition) is 10. The van der Waals surface area contributed by atoms with Gasteiger partial charge in [-0.2, -0.15) is 0 Å². The maximum absolute atomic E-state index is 13.5. The van der Waals surface area contributed by atoms with E-state index in [1.165, 1.54) is 205 Å². The largest absolute Gasteiger partial charge is 0.454 e. The molecule has 0 aliphatic carbocycles. The normalized spacial score (nSPS) is 18.9. The highest BCUT2D eigenvalue weighted by atomic mass is 16.7. The summed E-state index contributed by atoms with van der Waals surface area (Å²) in [7, 11) is 0. The van der Waals surface area contributed by atoms with Crippen molar-refractivity contribution in [3.8, 4) is 0 Å². The molecule has 0 aromatic carbocycles. The van der Waals surface area contributed by atoms with E-state index >= 15 is 0 Å². The Kier molecular flexibility index (Phi) is 54.9. The van der Waals surface area contributed by atoms with Crippen LogP contribution in [-0.2, 0) is 23.8 Å². The summed E-state index contributed by atoms with van der Waals surface area (Å²) in [5.74, 6) is -1.18. The van der Waals surface area contributed by atoms with E-state index in [-0.39, 0.29) is 13.0 Å². The minimum atomic E-state index is -1.61. The molecule has 1 saturated heterocycles. The van der Waals surface area contributed by atoms with E-state index in [0.29, 0.717) is 19.3 Å². The molecular formula is C70H129NO10. The fraction of sp³-hybridized carbons (Fsp3) is 0.857. The highest BCUT2D eigenvalue weighted by Crippen LogP contribution is 2.26. The number of carbonyl (C=O) groups is 2. The second-order valence-electron chi connectivity index (χ2n) is 23.9. The van der Waals surface area contributed by atoms with Gasteiger partial charge < -0.3 is 45.1 Å². The monoisotopic (exact) mass is 1140 g/mol. The Morgan fingerprint density at radius 1 is 0.481 bits per heavy atom. The predicted molar refractivity (Wildman–Crippen MR) is 338 cm³/mol. The lowest BCUT2D eigenvalue weighted by molar-refractivity contribution is -0.305. The SMILES string of the molecule is CCCCC/C=C\C/C=C\C/C=C\CCCCCCCCCCCCCCCC(O)C(=O)NC(COC1OC(CO)C(O)C(O)C1OC(=O)CCCCCCCCCCCCCCCCC)C(O)/C=C/CCCCCCCCCCC. The number of hydrogen-bond donors (Lipinski definition) is 6. The Labute approximate surface area is 497 Å². The van der Waals surface area contributed by atoms with Crippen molar-refractivity contribution < 1.29 is 49.3 Å². The topological polar surface area (TPSA) is 175 Å². The number of nitrogens with one attached hydrogen (secondary N) is 1. The summed E-state index contributed by atoms with van der Waals surface area (Å²) in [5.41, 5.74) is 0. The number of amides is 1. The molecule has 0 bridgehead atoms. The predicted octanol–water partition coefficient (Wildman–Crippen LogP) is 17.2. The van der Waals surface area contributed by atoms with Gasteiger partial charge in [-0.1, -0.05) is 301 Å². The van der Waals surface area contributed by atoms with Gasteiger partial charge in [0.05, 0.1) is 25.4 Å². The van der Waals surface area contributed by atoms with Crippen LogP contribution in [0.15, 0.2) is 48.6 Å². The molecule has 1 amide bonds. The first-order chi connectivity index (χ1) is 39.7. The lowest BCUT2D eigenvalue weighted by atomic mass is 9.99. The number of ether oxygens (including phenoxy) is 3. The van der Waals surface area contributed by atoms with Gasteiger partial charge in [0, 0.05) is 6.42 Å². The van der Waals surface area contributed by atoms with Gasteiger partial charge in [0.25, 0.3) is 0 Å². The van der Waals surface area contributed by atoms with Gasteiger partial charge in [0.1, 0.15) is 24.4 Å². The molecule has 8 atom stereocenters. The van der Waals surface area contributed by atoms with Crippen LogP contribution in [0.3, 0.4) is 0 Å². The average Bonchev–Trinajstić information content (AvgIpc) is 3.51. The Morgan fingerprint density at radius 2 is 0.852 bits per heavy atom. The van der Waals surface area contributed by atoms with Crippen molar-refractivity contribution in [3.63, 3.8) is 0 Å². The molecule has 11 heteroatoms. The lowest BCUT2D eigenvalue weighted by Crippen LogP contribution is -2.61. The van der Waals surface area contributed by atoms with Crippen LogP contribution in [0.1, 0.15) is 323 Å². The van der Waals surface area contributed by atoms with E-state index in [4.69, 9.17) is 14.2 Å². The number of carbonyl (C=O) groups excluding carboxylic acids is 2. The zero-order valence-electron chi connectivity index (χ0n) is 52.7. The van der Waals surface area contributed by atoms with Gasteiger partial charge in [0.15, 0.2) is 12.4 Å². The molecule has 0 radical (unpaired) electrons. The van der Waals surface area contributed by atoms with Crippen LogP contribution in [0, 0.1) is 0 Å².